The molecule has 0 heterocycles. The minimum atomic E-state index is -0.768. The first-order chi connectivity index (χ1) is 13.6. The lowest BCUT2D eigenvalue weighted by molar-refractivity contribution is -0.174. The Hall–Kier alpha value is -0.650. The van der Waals surface area contributed by atoms with Gasteiger partial charge in [0.1, 0.15) is 0 Å². The number of carboxylic acids is 1. The summed E-state index contributed by atoms with van der Waals surface area (Å²) in [6.07, 6.45) is 6.14. The van der Waals surface area contributed by atoms with Crippen molar-refractivity contribution in [3.8, 4) is 0 Å². The number of aliphatic hydroxyl groups excluding tert-OH is 3. The van der Waals surface area contributed by atoms with E-state index < -0.39 is 12.1 Å². The van der Waals surface area contributed by atoms with Crippen LogP contribution in [0, 0.1) is 46.3 Å². The highest BCUT2D eigenvalue weighted by molar-refractivity contribution is 5.66. The minimum absolute atomic E-state index is 0.0309. The highest BCUT2D eigenvalue weighted by Crippen LogP contribution is 2.68. The summed E-state index contributed by atoms with van der Waals surface area (Å²) in [5.74, 6) is 0.881. The Morgan fingerprint density at radius 2 is 1.66 bits per heavy atom. The second kappa shape index (κ2) is 7.49. The van der Waals surface area contributed by atoms with Crippen LogP contribution >= 0.6 is 0 Å². The SMILES string of the molecule is C[C@H](CCC(=O)O)[C@H]1[C@H](O)C[C@H]2[C@@H]3[C@H](O)C[C@@H]4C[C@H](O)CC[C@]4(C)[C@H]3CC[C@]12C. The molecule has 166 valence electrons. The van der Waals surface area contributed by atoms with Crippen LogP contribution in [-0.2, 0) is 4.79 Å². The number of aliphatic carboxylic acids is 1. The Labute approximate surface area is 174 Å². The highest BCUT2D eigenvalue weighted by Gasteiger charge is 2.64. The van der Waals surface area contributed by atoms with E-state index in [9.17, 15) is 20.1 Å². The van der Waals surface area contributed by atoms with Crippen molar-refractivity contribution in [3.63, 3.8) is 0 Å². The number of hydrogen-bond acceptors (Lipinski definition) is 4. The Bertz CT molecular complexity index is 637. The van der Waals surface area contributed by atoms with E-state index in [0.717, 1.165) is 44.9 Å². The summed E-state index contributed by atoms with van der Waals surface area (Å²) in [6, 6.07) is 0. The molecule has 0 spiro atoms. The van der Waals surface area contributed by atoms with Gasteiger partial charge in [-0.2, -0.15) is 0 Å². The van der Waals surface area contributed by atoms with Gasteiger partial charge in [0.15, 0.2) is 0 Å². The van der Waals surface area contributed by atoms with Gasteiger partial charge in [0, 0.05) is 6.42 Å². The molecule has 4 aliphatic rings. The maximum Gasteiger partial charge on any atom is 0.303 e. The summed E-state index contributed by atoms with van der Waals surface area (Å²) >= 11 is 0. The first-order valence-electron chi connectivity index (χ1n) is 11.8. The van der Waals surface area contributed by atoms with E-state index in [2.05, 4.69) is 20.8 Å². The average Bonchev–Trinajstić information content (AvgIpc) is 2.91. The number of fused-ring (bicyclic) bond motifs is 5. The fourth-order valence-electron chi connectivity index (χ4n) is 8.82. The number of hydrogen-bond donors (Lipinski definition) is 4. The van der Waals surface area contributed by atoms with Gasteiger partial charge in [-0.05, 0) is 97.7 Å². The molecule has 0 unspecified atom stereocenters. The molecule has 0 aromatic carbocycles. The molecule has 0 bridgehead atoms. The van der Waals surface area contributed by atoms with Crippen LogP contribution in [0.3, 0.4) is 0 Å². The third-order valence-corrected chi connectivity index (χ3v) is 10.2. The molecular weight excluding hydrogens is 368 g/mol. The zero-order valence-corrected chi connectivity index (χ0v) is 18.3. The van der Waals surface area contributed by atoms with E-state index in [1.54, 1.807) is 0 Å². The van der Waals surface area contributed by atoms with Crippen molar-refractivity contribution >= 4 is 5.97 Å². The van der Waals surface area contributed by atoms with Gasteiger partial charge < -0.3 is 20.4 Å². The van der Waals surface area contributed by atoms with Crippen molar-refractivity contribution in [2.24, 2.45) is 46.3 Å². The van der Waals surface area contributed by atoms with Crippen LogP contribution in [0.5, 0.6) is 0 Å². The van der Waals surface area contributed by atoms with Gasteiger partial charge in [0.05, 0.1) is 18.3 Å². The summed E-state index contributed by atoms with van der Waals surface area (Å²) < 4.78 is 0. The first kappa shape index (κ1) is 21.6. The van der Waals surface area contributed by atoms with Crippen LogP contribution in [0.2, 0.25) is 0 Å². The fraction of sp³-hybridized carbons (Fsp3) is 0.958. The van der Waals surface area contributed by atoms with Gasteiger partial charge in [-0.15, -0.1) is 0 Å². The monoisotopic (exact) mass is 408 g/mol. The molecule has 0 aliphatic heterocycles. The summed E-state index contributed by atoms with van der Waals surface area (Å²) in [4.78, 5) is 11.1. The van der Waals surface area contributed by atoms with Crippen molar-refractivity contribution in [1.29, 1.82) is 0 Å². The van der Waals surface area contributed by atoms with E-state index in [4.69, 9.17) is 5.11 Å². The molecule has 0 radical (unpaired) electrons. The van der Waals surface area contributed by atoms with E-state index in [-0.39, 0.29) is 47.2 Å². The molecule has 0 aromatic heterocycles. The molecule has 4 saturated carbocycles. The molecule has 11 atom stereocenters. The number of aliphatic hydroxyl groups is 3. The Balaban J connectivity index is 1.59. The van der Waals surface area contributed by atoms with E-state index in [0.29, 0.717) is 24.2 Å². The summed E-state index contributed by atoms with van der Waals surface area (Å²) in [5, 5.41) is 41.6. The van der Waals surface area contributed by atoms with Crippen molar-refractivity contribution in [2.45, 2.75) is 96.9 Å². The average molecular weight is 409 g/mol. The van der Waals surface area contributed by atoms with Crippen LogP contribution < -0.4 is 0 Å². The lowest BCUT2D eigenvalue weighted by Crippen LogP contribution is -2.58. The molecule has 0 aromatic rings. The normalized spacial score (nSPS) is 52.9. The van der Waals surface area contributed by atoms with E-state index >= 15 is 0 Å². The molecule has 4 aliphatic carbocycles. The smallest absolute Gasteiger partial charge is 0.303 e. The number of carbonyl (C=O) groups is 1. The molecular formula is C24H40O5. The maximum atomic E-state index is 11.3. The maximum absolute atomic E-state index is 11.3. The minimum Gasteiger partial charge on any atom is -0.481 e. The second-order valence-corrected chi connectivity index (χ2v) is 11.5. The van der Waals surface area contributed by atoms with Crippen molar-refractivity contribution < 1.29 is 25.2 Å². The summed E-state index contributed by atoms with van der Waals surface area (Å²) in [7, 11) is 0. The van der Waals surface area contributed by atoms with Crippen LogP contribution in [0.25, 0.3) is 0 Å². The third-order valence-electron chi connectivity index (χ3n) is 10.2. The molecule has 0 saturated heterocycles. The summed E-state index contributed by atoms with van der Waals surface area (Å²) in [6.45, 7) is 6.81. The number of carboxylic acid groups (broad SMARTS) is 1. The van der Waals surface area contributed by atoms with E-state index in [1.165, 1.54) is 0 Å². The van der Waals surface area contributed by atoms with Gasteiger partial charge in [-0.25, -0.2) is 0 Å². The number of rotatable bonds is 4. The first-order valence-corrected chi connectivity index (χ1v) is 11.8. The standard InChI is InChI=1S/C24H40O5/c1-13(4-5-20(28)29)22-19(27)12-17-21-16(7-9-24(17,22)3)23(2)8-6-15(25)10-14(23)11-18(21)26/h13-19,21-22,25-27H,4-12H2,1-3H3,(H,28,29)/t13-,14+,15-,16+,17+,18-,19-,21-,22+,23+,24+/m1/s1. The van der Waals surface area contributed by atoms with Gasteiger partial charge in [0.2, 0.25) is 0 Å². The molecule has 0 amide bonds. The van der Waals surface area contributed by atoms with Crippen molar-refractivity contribution in [2.75, 3.05) is 0 Å². The van der Waals surface area contributed by atoms with Gasteiger partial charge in [-0.1, -0.05) is 20.8 Å². The topological polar surface area (TPSA) is 98.0 Å². The van der Waals surface area contributed by atoms with Crippen LogP contribution in [0.1, 0.15) is 78.6 Å². The lowest BCUT2D eigenvalue weighted by atomic mass is 9.43. The Kier molecular flexibility index (Phi) is 5.57. The molecule has 5 heteroatoms. The van der Waals surface area contributed by atoms with Crippen molar-refractivity contribution in [1.82, 2.24) is 0 Å². The van der Waals surface area contributed by atoms with Gasteiger partial charge in [0.25, 0.3) is 0 Å². The quantitative estimate of drug-likeness (QED) is 0.571. The van der Waals surface area contributed by atoms with Crippen LogP contribution in [0.15, 0.2) is 0 Å². The Morgan fingerprint density at radius 3 is 2.34 bits per heavy atom. The molecule has 29 heavy (non-hydrogen) atoms. The zero-order chi connectivity index (χ0) is 21.1. The highest BCUT2D eigenvalue weighted by atomic mass is 16.4. The third kappa shape index (κ3) is 3.36. The van der Waals surface area contributed by atoms with Gasteiger partial charge >= 0.3 is 5.97 Å². The summed E-state index contributed by atoms with van der Waals surface area (Å²) in [5.41, 5.74) is 0.152. The van der Waals surface area contributed by atoms with E-state index in [1.807, 2.05) is 0 Å². The van der Waals surface area contributed by atoms with Gasteiger partial charge in [-0.3, -0.25) is 4.79 Å². The fourth-order valence-corrected chi connectivity index (χ4v) is 8.82. The van der Waals surface area contributed by atoms with Crippen LogP contribution in [0.4, 0.5) is 0 Å². The van der Waals surface area contributed by atoms with Crippen molar-refractivity contribution in [3.05, 3.63) is 0 Å². The molecule has 4 N–H and O–H groups in total. The zero-order valence-electron chi connectivity index (χ0n) is 18.3. The molecule has 4 fully saturated rings. The van der Waals surface area contributed by atoms with Crippen LogP contribution in [-0.4, -0.2) is 44.7 Å². The predicted octanol–water partition coefficient (Wildman–Crippen LogP) is 3.45. The largest absolute Gasteiger partial charge is 0.481 e. The molecule has 5 nitrogen and oxygen atoms in total. The lowest BCUT2D eigenvalue weighted by Gasteiger charge is -2.62. The predicted molar refractivity (Wildman–Crippen MR) is 110 cm³/mol. The Morgan fingerprint density at radius 1 is 0.966 bits per heavy atom. The second-order valence-electron chi connectivity index (χ2n) is 11.5. The molecule has 4 rings (SSSR count).